The van der Waals surface area contributed by atoms with E-state index in [0.717, 1.165) is 50.9 Å². The van der Waals surface area contributed by atoms with Gasteiger partial charge < -0.3 is 5.11 Å². The number of nitrogens with zero attached hydrogens (tertiary/aromatic N) is 2. The van der Waals surface area contributed by atoms with Gasteiger partial charge in [0, 0.05) is 11.6 Å². The molecule has 0 amide bonds. The molecular formula is C27H39F3N2O2. The average Bonchev–Trinajstić information content (AvgIpc) is 3.29. The number of rotatable bonds is 3. The summed E-state index contributed by atoms with van der Waals surface area (Å²) in [6.07, 6.45) is 5.70. The van der Waals surface area contributed by atoms with Crippen molar-refractivity contribution in [3.63, 3.8) is 0 Å². The van der Waals surface area contributed by atoms with Crippen LogP contribution in [0.4, 0.5) is 13.2 Å². The summed E-state index contributed by atoms with van der Waals surface area (Å²) in [4.78, 5) is 13.8. The van der Waals surface area contributed by atoms with Crippen LogP contribution in [0.25, 0.3) is 0 Å². The van der Waals surface area contributed by atoms with Crippen molar-refractivity contribution in [3.05, 3.63) is 18.0 Å². The molecule has 1 heterocycles. The molecular weight excluding hydrogens is 441 g/mol. The van der Waals surface area contributed by atoms with Gasteiger partial charge in [0.05, 0.1) is 17.4 Å². The molecule has 0 bridgehead atoms. The highest BCUT2D eigenvalue weighted by Crippen LogP contribution is 2.70. The lowest BCUT2D eigenvalue weighted by Gasteiger charge is -2.58. The summed E-state index contributed by atoms with van der Waals surface area (Å²) >= 11 is 0. The summed E-state index contributed by atoms with van der Waals surface area (Å²) in [7, 11) is 0. The number of aliphatic hydroxyl groups is 1. The predicted molar refractivity (Wildman–Crippen MR) is 123 cm³/mol. The molecule has 0 spiro atoms. The van der Waals surface area contributed by atoms with E-state index in [1.54, 1.807) is 0 Å². The molecule has 5 rings (SSSR count). The number of ketones is 1. The normalized spacial score (nSPS) is 46.5. The fourth-order valence-corrected chi connectivity index (χ4v) is 9.16. The summed E-state index contributed by atoms with van der Waals surface area (Å²) < 4.78 is 40.2. The van der Waals surface area contributed by atoms with Gasteiger partial charge in [0.15, 0.2) is 5.78 Å². The zero-order chi connectivity index (χ0) is 24.7. The number of hydrogen-bond acceptors (Lipinski definition) is 3. The van der Waals surface area contributed by atoms with Gasteiger partial charge in [-0.2, -0.15) is 18.3 Å². The summed E-state index contributed by atoms with van der Waals surface area (Å²) in [5, 5.41) is 14.5. The zero-order valence-corrected chi connectivity index (χ0v) is 20.9. The molecule has 34 heavy (non-hydrogen) atoms. The topological polar surface area (TPSA) is 55.1 Å². The smallest absolute Gasteiger partial charge is 0.390 e. The molecule has 0 aromatic carbocycles. The third-order valence-corrected chi connectivity index (χ3v) is 11.3. The van der Waals surface area contributed by atoms with Gasteiger partial charge in [-0.15, -0.1) is 0 Å². The van der Waals surface area contributed by atoms with Crippen LogP contribution in [0.5, 0.6) is 0 Å². The molecule has 1 N–H and O–H groups in total. The molecule has 1 aromatic heterocycles. The van der Waals surface area contributed by atoms with Gasteiger partial charge >= 0.3 is 6.18 Å². The van der Waals surface area contributed by atoms with Crippen LogP contribution in [0.3, 0.4) is 0 Å². The molecule has 7 heteroatoms. The van der Waals surface area contributed by atoms with Crippen LogP contribution in [0.15, 0.2) is 12.4 Å². The molecule has 0 radical (unpaired) electrons. The van der Waals surface area contributed by atoms with Crippen LogP contribution in [0.2, 0.25) is 0 Å². The lowest BCUT2D eigenvalue weighted by Crippen LogP contribution is -2.54. The monoisotopic (exact) mass is 480 g/mol. The van der Waals surface area contributed by atoms with E-state index >= 15 is 0 Å². The predicted octanol–water partition coefficient (Wildman–Crippen LogP) is 6.13. The minimum atomic E-state index is -4.45. The minimum absolute atomic E-state index is 0.0164. The van der Waals surface area contributed by atoms with Gasteiger partial charge in [-0.3, -0.25) is 9.48 Å². The first-order valence-electron chi connectivity index (χ1n) is 13.1. The van der Waals surface area contributed by atoms with Crippen molar-refractivity contribution in [1.82, 2.24) is 9.78 Å². The van der Waals surface area contributed by atoms with Crippen molar-refractivity contribution < 1.29 is 23.1 Å². The summed E-state index contributed by atoms with van der Waals surface area (Å²) in [6, 6.07) is 0. The lowest BCUT2D eigenvalue weighted by molar-refractivity contribution is -0.147. The van der Waals surface area contributed by atoms with Crippen LogP contribution >= 0.6 is 0 Å². The van der Waals surface area contributed by atoms with Crippen LogP contribution in [-0.4, -0.2) is 26.3 Å². The van der Waals surface area contributed by atoms with Crippen LogP contribution in [0.1, 0.15) is 84.6 Å². The Morgan fingerprint density at radius 1 is 1.12 bits per heavy atom. The molecule has 1 aromatic rings. The number of aromatic nitrogens is 2. The Labute approximate surface area is 200 Å². The fraction of sp³-hybridized carbons (Fsp3) is 0.852. The van der Waals surface area contributed by atoms with Crippen LogP contribution < -0.4 is 0 Å². The minimum Gasteiger partial charge on any atom is -0.390 e. The van der Waals surface area contributed by atoms with Crippen molar-refractivity contribution in [2.75, 3.05) is 0 Å². The van der Waals surface area contributed by atoms with Crippen molar-refractivity contribution >= 4 is 5.78 Å². The van der Waals surface area contributed by atoms with E-state index in [2.05, 4.69) is 25.9 Å². The van der Waals surface area contributed by atoms with Gasteiger partial charge in [-0.1, -0.05) is 20.8 Å². The SMILES string of the molecule is C[C@@H]1C[C@H]2[C@@H]3CC[C@@H]4C[C@](C)(O)CC[C@@H]4[C@H]3CC[C@]2(C)[C@@]1(C)C(=O)Cn1cc(C(F)(F)F)cn1. The summed E-state index contributed by atoms with van der Waals surface area (Å²) in [5.41, 5.74) is -2.04. The van der Waals surface area contributed by atoms with Gasteiger partial charge in [0.1, 0.15) is 6.54 Å². The van der Waals surface area contributed by atoms with E-state index in [4.69, 9.17) is 0 Å². The van der Waals surface area contributed by atoms with E-state index in [1.807, 2.05) is 6.92 Å². The molecule has 4 nitrogen and oxygen atoms in total. The quantitative estimate of drug-likeness (QED) is 0.566. The Balaban J connectivity index is 1.37. The second kappa shape index (κ2) is 7.81. The summed E-state index contributed by atoms with van der Waals surface area (Å²) in [5.74, 6) is 3.27. The third kappa shape index (κ3) is 3.58. The van der Waals surface area contributed by atoms with Crippen LogP contribution in [-0.2, 0) is 17.5 Å². The number of carbonyl (C=O) groups is 1. The number of carbonyl (C=O) groups excluding carboxylic acids is 1. The fourth-order valence-electron chi connectivity index (χ4n) is 9.16. The first-order valence-corrected chi connectivity index (χ1v) is 13.1. The Bertz CT molecular complexity index is 956. The largest absolute Gasteiger partial charge is 0.419 e. The molecule has 9 atom stereocenters. The maximum absolute atomic E-state index is 13.8. The molecule has 4 aliphatic rings. The number of hydrogen-bond donors (Lipinski definition) is 1. The van der Waals surface area contributed by atoms with Gasteiger partial charge in [0.25, 0.3) is 0 Å². The van der Waals surface area contributed by atoms with E-state index in [9.17, 15) is 23.1 Å². The Morgan fingerprint density at radius 2 is 1.82 bits per heavy atom. The number of fused-ring (bicyclic) bond motifs is 5. The van der Waals surface area contributed by atoms with Crippen molar-refractivity contribution in [1.29, 1.82) is 0 Å². The molecule has 0 aliphatic heterocycles. The number of halogens is 3. The van der Waals surface area contributed by atoms with Crippen LogP contribution in [0, 0.1) is 46.3 Å². The van der Waals surface area contributed by atoms with E-state index in [-0.39, 0.29) is 23.7 Å². The van der Waals surface area contributed by atoms with Gasteiger partial charge in [0.2, 0.25) is 0 Å². The number of Topliss-reactive ketones (excluding diaryl/α,β-unsaturated/α-hetero) is 1. The maximum atomic E-state index is 13.8. The van der Waals surface area contributed by atoms with Crippen molar-refractivity contribution in [2.45, 2.75) is 97.4 Å². The highest BCUT2D eigenvalue weighted by molar-refractivity contribution is 5.86. The highest BCUT2D eigenvalue weighted by atomic mass is 19.4. The molecule has 0 unspecified atom stereocenters. The lowest BCUT2D eigenvalue weighted by atomic mass is 9.46. The van der Waals surface area contributed by atoms with Crippen molar-refractivity contribution in [3.8, 4) is 0 Å². The van der Waals surface area contributed by atoms with E-state index in [1.165, 1.54) is 17.5 Å². The number of alkyl halides is 3. The molecule has 4 aliphatic carbocycles. The molecule has 190 valence electrons. The third-order valence-electron chi connectivity index (χ3n) is 11.3. The Kier molecular flexibility index (Phi) is 5.59. The van der Waals surface area contributed by atoms with E-state index in [0.29, 0.717) is 29.6 Å². The van der Waals surface area contributed by atoms with E-state index < -0.39 is 22.8 Å². The average molecular weight is 481 g/mol. The zero-order valence-electron chi connectivity index (χ0n) is 20.9. The first kappa shape index (κ1) is 24.3. The standard InChI is InChI=1S/C27H39F3N2O2/c1-16-11-22-21-6-5-17-12-24(2,34)9-7-19(17)20(21)8-10-25(22,3)26(16,4)23(33)15-32-14-18(13-31-32)27(28,29)30/h13-14,16-17,19-22,34H,5-12,15H2,1-4H3/t16-,17-,19+,20-,21-,22+,24-,25+,26-/m1/s1. The van der Waals surface area contributed by atoms with Crippen molar-refractivity contribution in [2.24, 2.45) is 46.3 Å². The second-order valence-electron chi connectivity index (χ2n) is 12.8. The highest BCUT2D eigenvalue weighted by Gasteiger charge is 2.66. The molecule has 4 fully saturated rings. The second-order valence-corrected chi connectivity index (χ2v) is 12.8. The summed E-state index contributed by atoms with van der Waals surface area (Å²) in [6.45, 7) is 8.42. The molecule has 4 saturated carbocycles. The Hall–Kier alpha value is -1.37. The Morgan fingerprint density at radius 3 is 2.50 bits per heavy atom. The first-order chi connectivity index (χ1) is 15.8. The van der Waals surface area contributed by atoms with Gasteiger partial charge in [-0.05, 0) is 99.2 Å². The maximum Gasteiger partial charge on any atom is 0.419 e. The van der Waals surface area contributed by atoms with Gasteiger partial charge in [-0.25, -0.2) is 0 Å². The molecule has 0 saturated heterocycles.